The molecule has 2 aliphatic rings. The predicted octanol–water partition coefficient (Wildman–Crippen LogP) is 1.88. The summed E-state index contributed by atoms with van der Waals surface area (Å²) in [5.74, 6) is -0.576. The number of rotatable bonds is 1. The summed E-state index contributed by atoms with van der Waals surface area (Å²) in [5, 5.41) is 0. The van der Waals surface area contributed by atoms with E-state index in [9.17, 15) is 14.4 Å². The molecule has 2 aliphatic heterocycles. The van der Waals surface area contributed by atoms with Crippen LogP contribution in [0.2, 0.25) is 0 Å². The van der Waals surface area contributed by atoms with Gasteiger partial charge < -0.3 is 24.2 Å². The van der Waals surface area contributed by atoms with Crippen molar-refractivity contribution in [1.82, 2.24) is 4.90 Å². The van der Waals surface area contributed by atoms with Crippen LogP contribution in [-0.2, 0) is 14.3 Å². The number of esters is 1. The van der Waals surface area contributed by atoms with Gasteiger partial charge in [0.05, 0.1) is 30.6 Å². The SMILES string of the molecule is COC(=O)c1ccc2c(c1)N(C)C(=O)C1CN(C(=O)OC(C)(C)C)CCN21. The normalized spacial score (nSPS) is 19.4. The summed E-state index contributed by atoms with van der Waals surface area (Å²) in [6.07, 6.45) is -0.413. The second-order valence-corrected chi connectivity index (χ2v) is 7.73. The van der Waals surface area contributed by atoms with Crippen LogP contribution in [0.3, 0.4) is 0 Å². The molecule has 1 aromatic rings. The number of amides is 2. The lowest BCUT2D eigenvalue weighted by molar-refractivity contribution is -0.120. The fraction of sp³-hybridized carbons (Fsp3) is 0.526. The van der Waals surface area contributed by atoms with Crippen LogP contribution in [-0.4, -0.2) is 68.3 Å². The number of benzene rings is 1. The number of anilines is 2. The largest absolute Gasteiger partial charge is 0.465 e. The number of hydrogen-bond acceptors (Lipinski definition) is 6. The Morgan fingerprint density at radius 2 is 1.85 bits per heavy atom. The van der Waals surface area contributed by atoms with E-state index in [2.05, 4.69) is 0 Å². The molecular formula is C19H25N3O5. The Morgan fingerprint density at radius 1 is 1.15 bits per heavy atom. The van der Waals surface area contributed by atoms with E-state index >= 15 is 0 Å². The van der Waals surface area contributed by atoms with E-state index in [1.807, 2.05) is 31.7 Å². The van der Waals surface area contributed by atoms with Gasteiger partial charge in [0.25, 0.3) is 5.91 Å². The summed E-state index contributed by atoms with van der Waals surface area (Å²) < 4.78 is 10.2. The van der Waals surface area contributed by atoms with Crippen molar-refractivity contribution >= 4 is 29.3 Å². The Hall–Kier alpha value is -2.77. The highest BCUT2D eigenvalue weighted by Crippen LogP contribution is 2.37. The van der Waals surface area contributed by atoms with Crippen LogP contribution in [0.1, 0.15) is 31.1 Å². The van der Waals surface area contributed by atoms with Crippen LogP contribution in [0.25, 0.3) is 0 Å². The minimum Gasteiger partial charge on any atom is -0.465 e. The third-order valence-corrected chi connectivity index (χ3v) is 4.71. The van der Waals surface area contributed by atoms with Crippen molar-refractivity contribution in [3.8, 4) is 0 Å². The molecule has 27 heavy (non-hydrogen) atoms. The molecule has 0 saturated carbocycles. The summed E-state index contributed by atoms with van der Waals surface area (Å²) in [5.41, 5.74) is 1.32. The maximum atomic E-state index is 12.9. The van der Waals surface area contributed by atoms with E-state index < -0.39 is 23.7 Å². The van der Waals surface area contributed by atoms with Gasteiger partial charge in [-0.25, -0.2) is 9.59 Å². The van der Waals surface area contributed by atoms with Crippen molar-refractivity contribution in [3.63, 3.8) is 0 Å². The molecule has 1 atom stereocenters. The first-order chi connectivity index (χ1) is 12.6. The van der Waals surface area contributed by atoms with Gasteiger partial charge in [-0.05, 0) is 39.0 Å². The molecule has 2 amide bonds. The molecule has 1 fully saturated rings. The number of piperazine rings is 1. The van der Waals surface area contributed by atoms with Crippen molar-refractivity contribution in [1.29, 1.82) is 0 Å². The minimum atomic E-state index is -0.585. The average Bonchev–Trinajstić information content (AvgIpc) is 2.63. The number of carbonyl (C=O) groups is 3. The van der Waals surface area contributed by atoms with E-state index in [-0.39, 0.29) is 12.5 Å². The zero-order chi connectivity index (χ0) is 19.9. The first kappa shape index (κ1) is 19.0. The molecule has 0 aromatic heterocycles. The monoisotopic (exact) mass is 375 g/mol. The number of carbonyl (C=O) groups excluding carboxylic acids is 3. The second kappa shape index (κ2) is 6.75. The molecule has 146 valence electrons. The third kappa shape index (κ3) is 3.56. The number of ether oxygens (including phenoxy) is 2. The highest BCUT2D eigenvalue weighted by atomic mass is 16.6. The van der Waals surface area contributed by atoms with E-state index in [4.69, 9.17) is 9.47 Å². The van der Waals surface area contributed by atoms with Gasteiger partial charge in [0.1, 0.15) is 11.6 Å². The van der Waals surface area contributed by atoms with Crippen LogP contribution in [0.5, 0.6) is 0 Å². The molecule has 8 nitrogen and oxygen atoms in total. The lowest BCUT2D eigenvalue weighted by atomic mass is 10.0. The third-order valence-electron chi connectivity index (χ3n) is 4.71. The lowest BCUT2D eigenvalue weighted by Crippen LogP contribution is -2.63. The Bertz CT molecular complexity index is 786. The van der Waals surface area contributed by atoms with Gasteiger partial charge in [0.15, 0.2) is 0 Å². The Kier molecular flexibility index (Phi) is 4.75. The summed E-state index contributed by atoms with van der Waals surface area (Å²) in [7, 11) is 2.99. The predicted molar refractivity (Wildman–Crippen MR) is 100 cm³/mol. The molecule has 8 heteroatoms. The summed E-state index contributed by atoms with van der Waals surface area (Å²) >= 11 is 0. The topological polar surface area (TPSA) is 79.4 Å². The van der Waals surface area contributed by atoms with Gasteiger partial charge in [0.2, 0.25) is 0 Å². The fourth-order valence-corrected chi connectivity index (χ4v) is 3.40. The number of likely N-dealkylation sites (N-methyl/N-ethyl adjacent to an activating group) is 1. The molecule has 1 aromatic carbocycles. The molecule has 0 aliphatic carbocycles. The quantitative estimate of drug-likeness (QED) is 0.698. The molecule has 3 rings (SSSR count). The van der Waals surface area contributed by atoms with Gasteiger partial charge in [-0.2, -0.15) is 0 Å². The zero-order valence-electron chi connectivity index (χ0n) is 16.3. The van der Waals surface area contributed by atoms with Crippen molar-refractivity contribution in [3.05, 3.63) is 23.8 Å². The standard InChI is InChI=1S/C19H25N3O5/c1-19(2,3)27-18(25)21-8-9-22-13-7-6-12(17(24)26-5)10-14(13)20(4)16(23)15(22)11-21/h6-7,10,15H,8-9,11H2,1-5H3. The van der Waals surface area contributed by atoms with Crippen molar-refractivity contribution in [2.45, 2.75) is 32.4 Å². The van der Waals surface area contributed by atoms with E-state index in [1.165, 1.54) is 12.0 Å². The minimum absolute atomic E-state index is 0.127. The van der Waals surface area contributed by atoms with Gasteiger partial charge in [-0.3, -0.25) is 4.79 Å². The van der Waals surface area contributed by atoms with E-state index in [0.29, 0.717) is 24.3 Å². The van der Waals surface area contributed by atoms with Crippen LogP contribution in [0.4, 0.5) is 16.2 Å². The van der Waals surface area contributed by atoms with Crippen molar-refractivity contribution in [2.75, 3.05) is 43.6 Å². The Morgan fingerprint density at radius 3 is 2.48 bits per heavy atom. The highest BCUT2D eigenvalue weighted by Gasteiger charge is 2.42. The highest BCUT2D eigenvalue weighted by molar-refractivity contribution is 6.07. The first-order valence-electron chi connectivity index (χ1n) is 8.87. The molecule has 0 radical (unpaired) electrons. The first-order valence-corrected chi connectivity index (χ1v) is 8.87. The van der Waals surface area contributed by atoms with Gasteiger partial charge in [0, 0.05) is 20.1 Å². The Labute approximate surface area is 158 Å². The summed E-state index contributed by atoms with van der Waals surface area (Å²) in [4.78, 5) is 42.2. The van der Waals surface area contributed by atoms with Gasteiger partial charge in [-0.15, -0.1) is 0 Å². The molecule has 0 N–H and O–H groups in total. The van der Waals surface area contributed by atoms with Crippen LogP contribution < -0.4 is 9.80 Å². The maximum absolute atomic E-state index is 12.9. The summed E-state index contributed by atoms with van der Waals surface area (Å²) in [6.45, 7) is 6.67. The van der Waals surface area contributed by atoms with Crippen molar-refractivity contribution in [2.24, 2.45) is 0 Å². The average molecular weight is 375 g/mol. The lowest BCUT2D eigenvalue weighted by Gasteiger charge is -2.47. The van der Waals surface area contributed by atoms with Crippen molar-refractivity contribution < 1.29 is 23.9 Å². The van der Waals surface area contributed by atoms with Crippen LogP contribution >= 0.6 is 0 Å². The zero-order valence-corrected chi connectivity index (χ0v) is 16.3. The number of methoxy groups -OCH3 is 1. The molecule has 0 spiro atoms. The molecule has 2 heterocycles. The van der Waals surface area contributed by atoms with E-state index in [1.54, 1.807) is 24.1 Å². The van der Waals surface area contributed by atoms with Gasteiger partial charge >= 0.3 is 12.1 Å². The number of nitrogens with zero attached hydrogens (tertiary/aromatic N) is 3. The number of fused-ring (bicyclic) bond motifs is 3. The second-order valence-electron chi connectivity index (χ2n) is 7.73. The molecule has 1 unspecified atom stereocenters. The fourth-order valence-electron chi connectivity index (χ4n) is 3.40. The van der Waals surface area contributed by atoms with E-state index in [0.717, 1.165) is 5.69 Å². The van der Waals surface area contributed by atoms with Crippen LogP contribution in [0, 0.1) is 0 Å². The molecule has 0 bridgehead atoms. The van der Waals surface area contributed by atoms with Gasteiger partial charge in [-0.1, -0.05) is 0 Å². The maximum Gasteiger partial charge on any atom is 0.410 e. The number of hydrogen-bond donors (Lipinski definition) is 0. The Balaban J connectivity index is 1.86. The summed E-state index contributed by atoms with van der Waals surface area (Å²) in [6, 6.07) is 4.69. The smallest absolute Gasteiger partial charge is 0.410 e. The van der Waals surface area contributed by atoms with Crippen LogP contribution in [0.15, 0.2) is 18.2 Å². The molecule has 1 saturated heterocycles. The molecular weight excluding hydrogens is 350 g/mol.